The molecule has 0 aromatic carbocycles. The van der Waals surface area contributed by atoms with E-state index in [1.54, 1.807) is 11.3 Å². The zero-order valence-corrected chi connectivity index (χ0v) is 15.4. The molecular weight excluding hydrogens is 346 g/mol. The van der Waals surface area contributed by atoms with Crippen LogP contribution in [0.15, 0.2) is 6.33 Å². The smallest absolute Gasteiger partial charge is 0.226 e. The van der Waals surface area contributed by atoms with Gasteiger partial charge in [0.15, 0.2) is 0 Å². The molecule has 128 valence electrons. The lowest BCUT2D eigenvalue weighted by atomic mass is 9.87. The van der Waals surface area contributed by atoms with E-state index in [0.717, 1.165) is 29.5 Å². The Labute approximate surface area is 150 Å². The summed E-state index contributed by atoms with van der Waals surface area (Å²) in [6.45, 7) is 5.44. The molecule has 0 bridgehead atoms. The summed E-state index contributed by atoms with van der Waals surface area (Å²) in [5.41, 5.74) is 1.24. The summed E-state index contributed by atoms with van der Waals surface area (Å²) in [5, 5.41) is 1.51. The molecule has 4 rings (SSSR count). The van der Waals surface area contributed by atoms with Gasteiger partial charge in [0.05, 0.1) is 17.6 Å². The highest BCUT2D eigenvalue weighted by Gasteiger charge is 2.34. The van der Waals surface area contributed by atoms with E-state index < -0.39 is 0 Å². The highest BCUT2D eigenvalue weighted by atomic mass is 35.5. The maximum Gasteiger partial charge on any atom is 0.226 e. The Morgan fingerprint density at radius 1 is 1.33 bits per heavy atom. The van der Waals surface area contributed by atoms with Crippen LogP contribution in [0.5, 0.6) is 0 Å². The fraction of sp³-hybridized carbons (Fsp3) is 0.588. The molecule has 2 aromatic rings. The van der Waals surface area contributed by atoms with Crippen molar-refractivity contribution < 1.29 is 9.53 Å². The van der Waals surface area contributed by atoms with Crippen molar-refractivity contribution in [3.05, 3.63) is 21.9 Å². The Morgan fingerprint density at radius 2 is 2.08 bits per heavy atom. The molecule has 0 radical (unpaired) electrons. The summed E-state index contributed by atoms with van der Waals surface area (Å²) in [4.78, 5) is 25.6. The molecule has 5 nitrogen and oxygen atoms in total. The quantitative estimate of drug-likeness (QED) is 0.729. The van der Waals surface area contributed by atoms with Gasteiger partial charge in [-0.1, -0.05) is 11.6 Å². The SMILES string of the molecule is CC1CN(C(=O)C2CCc3c(sc4ncnc(Cl)c34)C2)CC(C)O1. The number of carbonyl (C=O) groups excluding carboxylic acids is 1. The average molecular weight is 366 g/mol. The minimum Gasteiger partial charge on any atom is -0.372 e. The second kappa shape index (κ2) is 6.24. The molecule has 7 heteroatoms. The van der Waals surface area contributed by atoms with Gasteiger partial charge in [-0.2, -0.15) is 0 Å². The molecule has 0 N–H and O–H groups in total. The normalized spacial score (nSPS) is 27.3. The van der Waals surface area contributed by atoms with E-state index in [-0.39, 0.29) is 24.0 Å². The zero-order valence-electron chi connectivity index (χ0n) is 13.8. The molecule has 1 amide bonds. The summed E-state index contributed by atoms with van der Waals surface area (Å²) in [7, 11) is 0. The molecule has 3 unspecified atom stereocenters. The second-order valence-electron chi connectivity index (χ2n) is 6.79. The molecule has 2 aliphatic rings. The van der Waals surface area contributed by atoms with Crippen molar-refractivity contribution in [3.8, 4) is 0 Å². The maximum atomic E-state index is 13.0. The number of hydrogen-bond acceptors (Lipinski definition) is 5. The topological polar surface area (TPSA) is 55.3 Å². The van der Waals surface area contributed by atoms with Gasteiger partial charge in [0.25, 0.3) is 0 Å². The van der Waals surface area contributed by atoms with Crippen LogP contribution in [0.25, 0.3) is 10.2 Å². The number of amides is 1. The standard InChI is InChI=1S/C17H20ClN3O2S/c1-9-6-21(7-10(2)23-9)17(22)11-3-4-12-13(5-11)24-16-14(12)15(18)19-8-20-16/h8-11H,3-7H2,1-2H3. The molecule has 1 saturated heterocycles. The number of carbonyl (C=O) groups is 1. The lowest BCUT2D eigenvalue weighted by Crippen LogP contribution is -2.50. The van der Waals surface area contributed by atoms with E-state index in [4.69, 9.17) is 16.3 Å². The van der Waals surface area contributed by atoms with Crippen LogP contribution in [0.2, 0.25) is 5.15 Å². The van der Waals surface area contributed by atoms with Gasteiger partial charge in [0.2, 0.25) is 5.91 Å². The number of hydrogen-bond donors (Lipinski definition) is 0. The number of aromatic nitrogens is 2. The first-order chi connectivity index (χ1) is 11.5. The summed E-state index contributed by atoms with van der Waals surface area (Å²) in [6, 6.07) is 0. The summed E-state index contributed by atoms with van der Waals surface area (Å²) < 4.78 is 5.74. The number of nitrogens with zero attached hydrogens (tertiary/aromatic N) is 3. The van der Waals surface area contributed by atoms with Crippen LogP contribution < -0.4 is 0 Å². The number of thiophene rings is 1. The van der Waals surface area contributed by atoms with Gasteiger partial charge in [-0.05, 0) is 38.7 Å². The highest BCUT2D eigenvalue weighted by molar-refractivity contribution is 7.19. The van der Waals surface area contributed by atoms with Gasteiger partial charge >= 0.3 is 0 Å². The summed E-state index contributed by atoms with van der Waals surface area (Å²) >= 11 is 7.91. The second-order valence-corrected chi connectivity index (χ2v) is 8.23. The number of aryl methyl sites for hydroxylation is 1. The Bertz CT molecular complexity index is 783. The molecule has 0 spiro atoms. The summed E-state index contributed by atoms with van der Waals surface area (Å²) in [5.74, 6) is 0.312. The molecular formula is C17H20ClN3O2S. The minimum absolute atomic E-state index is 0.0507. The van der Waals surface area contributed by atoms with E-state index in [0.29, 0.717) is 18.2 Å². The van der Waals surface area contributed by atoms with Gasteiger partial charge in [-0.25, -0.2) is 9.97 Å². The van der Waals surface area contributed by atoms with Gasteiger partial charge < -0.3 is 9.64 Å². The van der Waals surface area contributed by atoms with Crippen LogP contribution in [0, 0.1) is 5.92 Å². The fourth-order valence-corrected chi connectivity index (χ4v) is 5.47. The predicted octanol–water partition coefficient (Wildman–Crippen LogP) is 3.09. The highest BCUT2D eigenvalue weighted by Crippen LogP contribution is 2.40. The summed E-state index contributed by atoms with van der Waals surface area (Å²) in [6.07, 6.45) is 4.24. The van der Waals surface area contributed by atoms with Crippen LogP contribution in [0.4, 0.5) is 0 Å². The number of halogens is 1. The molecule has 3 atom stereocenters. The molecule has 3 heterocycles. The lowest BCUT2D eigenvalue weighted by Gasteiger charge is -2.37. The molecule has 1 fully saturated rings. The largest absolute Gasteiger partial charge is 0.372 e. The van der Waals surface area contributed by atoms with E-state index in [9.17, 15) is 4.79 Å². The van der Waals surface area contributed by atoms with Crippen LogP contribution in [-0.4, -0.2) is 46.1 Å². The first kappa shape index (κ1) is 16.2. The Morgan fingerprint density at radius 3 is 2.83 bits per heavy atom. The van der Waals surface area contributed by atoms with Crippen molar-refractivity contribution in [2.75, 3.05) is 13.1 Å². The number of rotatable bonds is 1. The van der Waals surface area contributed by atoms with Gasteiger partial charge in [-0.15, -0.1) is 11.3 Å². The molecule has 1 aliphatic carbocycles. The molecule has 1 aliphatic heterocycles. The minimum atomic E-state index is 0.0507. The monoisotopic (exact) mass is 365 g/mol. The number of morpholine rings is 1. The molecule has 0 saturated carbocycles. The first-order valence-corrected chi connectivity index (χ1v) is 9.57. The fourth-order valence-electron chi connectivity index (χ4n) is 3.90. The van der Waals surface area contributed by atoms with Gasteiger partial charge in [0.1, 0.15) is 16.3 Å². The van der Waals surface area contributed by atoms with Crippen molar-refractivity contribution in [1.29, 1.82) is 0 Å². The van der Waals surface area contributed by atoms with E-state index in [1.807, 2.05) is 18.7 Å². The zero-order chi connectivity index (χ0) is 16.8. The lowest BCUT2D eigenvalue weighted by molar-refractivity contribution is -0.147. The van der Waals surface area contributed by atoms with Crippen LogP contribution in [0.1, 0.15) is 30.7 Å². The van der Waals surface area contributed by atoms with E-state index >= 15 is 0 Å². The van der Waals surface area contributed by atoms with Crippen LogP contribution >= 0.6 is 22.9 Å². The third kappa shape index (κ3) is 2.80. The van der Waals surface area contributed by atoms with E-state index in [2.05, 4.69) is 9.97 Å². The number of fused-ring (bicyclic) bond motifs is 3. The van der Waals surface area contributed by atoms with E-state index in [1.165, 1.54) is 16.8 Å². The van der Waals surface area contributed by atoms with Crippen LogP contribution in [0.3, 0.4) is 0 Å². The molecule has 24 heavy (non-hydrogen) atoms. The van der Waals surface area contributed by atoms with Gasteiger partial charge in [0, 0.05) is 23.9 Å². The van der Waals surface area contributed by atoms with Crippen molar-refractivity contribution in [2.45, 2.75) is 45.3 Å². The Balaban J connectivity index is 1.57. The van der Waals surface area contributed by atoms with Crippen molar-refractivity contribution >= 4 is 39.1 Å². The Hall–Kier alpha value is -1.24. The average Bonchev–Trinajstić information content (AvgIpc) is 2.92. The Kier molecular flexibility index (Phi) is 4.22. The van der Waals surface area contributed by atoms with Crippen molar-refractivity contribution in [2.24, 2.45) is 5.92 Å². The predicted molar refractivity (Wildman–Crippen MR) is 94.5 cm³/mol. The van der Waals surface area contributed by atoms with Crippen molar-refractivity contribution in [3.63, 3.8) is 0 Å². The molecule has 2 aromatic heterocycles. The third-order valence-corrected chi connectivity index (χ3v) is 6.33. The first-order valence-electron chi connectivity index (χ1n) is 8.38. The van der Waals surface area contributed by atoms with Crippen LogP contribution in [-0.2, 0) is 22.4 Å². The maximum absolute atomic E-state index is 13.0. The van der Waals surface area contributed by atoms with Crippen molar-refractivity contribution in [1.82, 2.24) is 14.9 Å². The third-order valence-electron chi connectivity index (χ3n) is 4.88. The number of ether oxygens (including phenoxy) is 1. The van der Waals surface area contributed by atoms with Gasteiger partial charge in [-0.3, -0.25) is 4.79 Å².